The van der Waals surface area contributed by atoms with Gasteiger partial charge in [-0.25, -0.2) is 9.78 Å². The molecule has 0 radical (unpaired) electrons. The van der Waals surface area contributed by atoms with Gasteiger partial charge in [0.15, 0.2) is 17.2 Å². The molecular weight excluding hydrogens is 360 g/mol. The molecule has 0 bridgehead atoms. The number of amides is 1. The van der Waals surface area contributed by atoms with Crippen LogP contribution >= 0.6 is 0 Å². The fourth-order valence-electron chi connectivity index (χ4n) is 2.89. The van der Waals surface area contributed by atoms with Gasteiger partial charge in [0.25, 0.3) is 5.91 Å². The maximum Gasteiger partial charge on any atom is 0.328 e. The van der Waals surface area contributed by atoms with Crippen LogP contribution in [0.3, 0.4) is 0 Å². The van der Waals surface area contributed by atoms with E-state index in [1.165, 1.54) is 44.7 Å². The third-order valence-corrected chi connectivity index (χ3v) is 4.77. The van der Waals surface area contributed by atoms with Crippen molar-refractivity contribution in [1.82, 2.24) is 10.3 Å². The zero-order chi connectivity index (χ0) is 20.3. The van der Waals surface area contributed by atoms with Gasteiger partial charge in [0.1, 0.15) is 12.1 Å². The molecule has 28 heavy (non-hydrogen) atoms. The van der Waals surface area contributed by atoms with Crippen LogP contribution in [0.2, 0.25) is 0 Å². The quantitative estimate of drug-likeness (QED) is 0.712. The predicted molar refractivity (Wildman–Crippen MR) is 102 cm³/mol. The number of aromatic hydroxyl groups is 1. The third-order valence-electron chi connectivity index (χ3n) is 4.77. The van der Waals surface area contributed by atoms with E-state index in [1.54, 1.807) is 6.92 Å². The number of nitrogens with one attached hydrogen (secondary N) is 1. The van der Waals surface area contributed by atoms with Crippen molar-refractivity contribution in [2.24, 2.45) is 0 Å². The van der Waals surface area contributed by atoms with Crippen LogP contribution in [0.4, 0.5) is 0 Å². The van der Waals surface area contributed by atoms with Crippen LogP contribution in [0, 0.1) is 0 Å². The summed E-state index contributed by atoms with van der Waals surface area (Å²) >= 11 is 0. The van der Waals surface area contributed by atoms with E-state index in [4.69, 9.17) is 9.47 Å². The summed E-state index contributed by atoms with van der Waals surface area (Å²) in [5.41, 5.74) is 1.99. The first-order valence-corrected chi connectivity index (χ1v) is 9.24. The third kappa shape index (κ3) is 4.42. The average molecular weight is 384 g/mol. The second kappa shape index (κ2) is 8.29. The number of esters is 1. The average Bonchev–Trinajstić information content (AvgIpc) is 3.53. The van der Waals surface area contributed by atoms with Gasteiger partial charge in [0, 0.05) is 12.3 Å². The Morgan fingerprint density at radius 3 is 2.46 bits per heavy atom. The molecule has 1 aromatic carbocycles. The Bertz CT molecular complexity index is 862. The summed E-state index contributed by atoms with van der Waals surface area (Å²) in [7, 11) is 1.37. The molecule has 1 unspecified atom stereocenters. The van der Waals surface area contributed by atoms with E-state index in [2.05, 4.69) is 22.4 Å². The first-order valence-electron chi connectivity index (χ1n) is 9.24. The molecule has 1 saturated carbocycles. The van der Waals surface area contributed by atoms with E-state index in [0.717, 1.165) is 5.56 Å². The van der Waals surface area contributed by atoms with E-state index in [0.29, 0.717) is 5.92 Å². The summed E-state index contributed by atoms with van der Waals surface area (Å²) in [6, 6.07) is 8.59. The highest BCUT2D eigenvalue weighted by Gasteiger charge is 2.25. The van der Waals surface area contributed by atoms with Gasteiger partial charge < -0.3 is 19.9 Å². The van der Waals surface area contributed by atoms with Gasteiger partial charge in [0.2, 0.25) is 0 Å². The van der Waals surface area contributed by atoms with Gasteiger partial charge in [-0.2, -0.15) is 0 Å². The molecule has 1 amide bonds. The molecule has 3 rings (SSSR count). The number of nitrogens with zero attached hydrogens (tertiary/aromatic N) is 1. The van der Waals surface area contributed by atoms with Crippen LogP contribution in [-0.4, -0.2) is 35.1 Å². The molecule has 2 atom stereocenters. The maximum absolute atomic E-state index is 12.3. The van der Waals surface area contributed by atoms with E-state index >= 15 is 0 Å². The molecule has 0 saturated heterocycles. The Kier molecular flexibility index (Phi) is 5.82. The zero-order valence-corrected chi connectivity index (χ0v) is 16.1. The predicted octanol–water partition coefficient (Wildman–Crippen LogP) is 3.10. The molecule has 1 heterocycles. The van der Waals surface area contributed by atoms with Gasteiger partial charge in [-0.3, -0.25) is 4.79 Å². The maximum atomic E-state index is 12.3. The van der Waals surface area contributed by atoms with Crippen LogP contribution < -0.4 is 10.1 Å². The molecule has 1 aromatic heterocycles. The zero-order valence-electron chi connectivity index (χ0n) is 16.1. The minimum absolute atomic E-state index is 0.124. The molecule has 1 aliphatic carbocycles. The summed E-state index contributed by atoms with van der Waals surface area (Å²) in [5.74, 6) is -0.855. The van der Waals surface area contributed by atoms with Crippen molar-refractivity contribution in [2.75, 3.05) is 7.11 Å². The SMILES string of the molecule is COc1ccnc(C(=O)N[C@@H](C)C(=O)OC(C)c2ccc(C3CC3)cc2)c1O. The summed E-state index contributed by atoms with van der Waals surface area (Å²) in [4.78, 5) is 28.5. The Morgan fingerprint density at radius 1 is 1.18 bits per heavy atom. The Hall–Kier alpha value is -3.09. The topological polar surface area (TPSA) is 97.8 Å². The lowest BCUT2D eigenvalue weighted by Crippen LogP contribution is -2.40. The van der Waals surface area contributed by atoms with Crippen molar-refractivity contribution in [1.29, 1.82) is 0 Å². The Balaban J connectivity index is 1.58. The van der Waals surface area contributed by atoms with Crippen molar-refractivity contribution in [3.8, 4) is 11.5 Å². The number of carbonyl (C=O) groups is 2. The summed E-state index contributed by atoms with van der Waals surface area (Å²) in [6.45, 7) is 3.30. The van der Waals surface area contributed by atoms with Crippen LogP contribution in [-0.2, 0) is 9.53 Å². The van der Waals surface area contributed by atoms with Crippen LogP contribution in [0.15, 0.2) is 36.5 Å². The highest BCUT2D eigenvalue weighted by molar-refractivity contribution is 5.97. The molecule has 7 heteroatoms. The fourth-order valence-corrected chi connectivity index (χ4v) is 2.89. The molecule has 1 aliphatic rings. The van der Waals surface area contributed by atoms with Crippen molar-refractivity contribution in [3.05, 3.63) is 53.3 Å². The number of pyridine rings is 1. The van der Waals surface area contributed by atoms with Crippen LogP contribution in [0.5, 0.6) is 11.5 Å². The lowest BCUT2D eigenvalue weighted by molar-refractivity contribution is -0.150. The number of hydrogen-bond donors (Lipinski definition) is 2. The molecule has 148 valence electrons. The number of aromatic nitrogens is 1. The molecule has 1 fully saturated rings. The number of hydrogen-bond acceptors (Lipinski definition) is 6. The summed E-state index contributed by atoms with van der Waals surface area (Å²) in [5, 5.41) is 12.5. The number of benzene rings is 1. The number of ether oxygens (including phenoxy) is 2. The summed E-state index contributed by atoms with van der Waals surface area (Å²) in [6.07, 6.45) is 3.37. The normalized spacial score (nSPS) is 15.4. The lowest BCUT2D eigenvalue weighted by atomic mass is 10.1. The highest BCUT2D eigenvalue weighted by atomic mass is 16.5. The standard InChI is InChI=1S/C21H24N2O5/c1-12(23-20(25)18-19(24)17(27-3)10-11-22-18)21(26)28-13(2)14-4-6-15(7-5-14)16-8-9-16/h4-7,10-13,16,24H,8-9H2,1-3H3,(H,23,25)/t12-,13?/m0/s1. The van der Waals surface area contributed by atoms with Crippen LogP contribution in [0.1, 0.15) is 60.3 Å². The first-order chi connectivity index (χ1) is 13.4. The molecular formula is C21H24N2O5. The molecule has 0 aliphatic heterocycles. The lowest BCUT2D eigenvalue weighted by Gasteiger charge is -2.18. The van der Waals surface area contributed by atoms with Gasteiger partial charge in [-0.05, 0) is 43.7 Å². The van der Waals surface area contributed by atoms with Gasteiger partial charge in [0.05, 0.1) is 7.11 Å². The second-order valence-electron chi connectivity index (χ2n) is 6.93. The largest absolute Gasteiger partial charge is 0.503 e. The van der Waals surface area contributed by atoms with Crippen molar-refractivity contribution >= 4 is 11.9 Å². The molecule has 0 spiro atoms. The van der Waals surface area contributed by atoms with E-state index in [1.807, 2.05) is 12.1 Å². The smallest absolute Gasteiger partial charge is 0.328 e. The molecule has 2 N–H and O–H groups in total. The van der Waals surface area contributed by atoms with Crippen molar-refractivity contribution < 1.29 is 24.2 Å². The van der Waals surface area contributed by atoms with Gasteiger partial charge in [-0.1, -0.05) is 24.3 Å². The fraction of sp³-hybridized carbons (Fsp3) is 0.381. The Labute approximate surface area is 163 Å². The molecule has 7 nitrogen and oxygen atoms in total. The highest BCUT2D eigenvalue weighted by Crippen LogP contribution is 2.40. The number of methoxy groups -OCH3 is 1. The monoisotopic (exact) mass is 384 g/mol. The van der Waals surface area contributed by atoms with E-state index in [9.17, 15) is 14.7 Å². The number of rotatable bonds is 7. The first kappa shape index (κ1) is 19.7. The minimum atomic E-state index is -0.909. The van der Waals surface area contributed by atoms with Crippen molar-refractivity contribution in [2.45, 2.75) is 44.8 Å². The molecule has 2 aromatic rings. The Morgan fingerprint density at radius 2 is 1.86 bits per heavy atom. The van der Waals surface area contributed by atoms with Gasteiger partial charge in [-0.15, -0.1) is 0 Å². The number of carbonyl (C=O) groups excluding carboxylic acids is 2. The van der Waals surface area contributed by atoms with Crippen LogP contribution in [0.25, 0.3) is 0 Å². The van der Waals surface area contributed by atoms with Gasteiger partial charge >= 0.3 is 5.97 Å². The van der Waals surface area contributed by atoms with E-state index in [-0.39, 0.29) is 17.2 Å². The minimum Gasteiger partial charge on any atom is -0.503 e. The summed E-state index contributed by atoms with van der Waals surface area (Å²) < 4.78 is 10.4. The van der Waals surface area contributed by atoms with E-state index < -0.39 is 24.0 Å². The van der Waals surface area contributed by atoms with Crippen molar-refractivity contribution in [3.63, 3.8) is 0 Å². The second-order valence-corrected chi connectivity index (χ2v) is 6.93.